The molecule has 2 aromatic carbocycles. The Morgan fingerprint density at radius 1 is 1.13 bits per heavy atom. The van der Waals surface area contributed by atoms with Gasteiger partial charge in [0.05, 0.1) is 22.3 Å². The molecule has 11 heteroatoms. The lowest BCUT2D eigenvalue weighted by Gasteiger charge is -2.17. The normalized spacial score (nSPS) is 12.2. The lowest BCUT2D eigenvalue weighted by atomic mass is 10.1. The van der Waals surface area contributed by atoms with Gasteiger partial charge >= 0.3 is 6.18 Å². The van der Waals surface area contributed by atoms with E-state index in [-0.39, 0.29) is 35.3 Å². The van der Waals surface area contributed by atoms with Gasteiger partial charge in [-0.3, -0.25) is 10.1 Å². The summed E-state index contributed by atoms with van der Waals surface area (Å²) >= 11 is 0. The van der Waals surface area contributed by atoms with E-state index in [9.17, 15) is 31.7 Å². The molecule has 0 bridgehead atoms. The predicted molar refractivity (Wildman–Crippen MR) is 105 cm³/mol. The first-order valence-electron chi connectivity index (χ1n) is 8.95. The number of nitrogens with one attached hydrogen (secondary N) is 1. The number of nitro benzene ring substituents is 1. The molecule has 0 atom stereocenters. The number of alkyl halides is 3. The van der Waals surface area contributed by atoms with Crippen molar-refractivity contribution in [3.05, 3.63) is 69.3 Å². The highest BCUT2D eigenvalue weighted by Crippen LogP contribution is 2.34. The van der Waals surface area contributed by atoms with Crippen molar-refractivity contribution in [2.45, 2.75) is 39.1 Å². The molecule has 2 rings (SSSR count). The number of hydrogen-bond acceptors (Lipinski definition) is 5. The molecule has 1 N–H and O–H groups in total. The van der Waals surface area contributed by atoms with E-state index in [1.807, 2.05) is 0 Å². The van der Waals surface area contributed by atoms with Crippen LogP contribution in [-0.2, 0) is 29.2 Å². The largest absolute Gasteiger partial charge is 0.491 e. The average molecular weight is 446 g/mol. The van der Waals surface area contributed by atoms with E-state index < -0.39 is 33.2 Å². The topological polar surface area (TPSA) is 98.5 Å². The highest BCUT2D eigenvalue weighted by molar-refractivity contribution is 7.89. The van der Waals surface area contributed by atoms with Crippen LogP contribution in [0.25, 0.3) is 0 Å². The number of benzene rings is 2. The molecular formula is C19H21F3N2O5S. The van der Waals surface area contributed by atoms with Gasteiger partial charge in [0.25, 0.3) is 5.69 Å². The summed E-state index contributed by atoms with van der Waals surface area (Å²) in [5.74, 6) is -0.331. The molecule has 0 saturated carbocycles. The van der Waals surface area contributed by atoms with Crippen molar-refractivity contribution in [1.82, 2.24) is 4.72 Å². The maximum absolute atomic E-state index is 13.4. The van der Waals surface area contributed by atoms with Crippen LogP contribution in [0.5, 0.6) is 5.75 Å². The Morgan fingerprint density at radius 2 is 1.77 bits per heavy atom. The third-order valence-corrected chi connectivity index (χ3v) is 5.37. The molecule has 0 aliphatic rings. The van der Waals surface area contributed by atoms with Gasteiger partial charge in [-0.1, -0.05) is 18.2 Å². The van der Waals surface area contributed by atoms with Crippen LogP contribution in [0.3, 0.4) is 0 Å². The maximum atomic E-state index is 13.4. The van der Waals surface area contributed by atoms with Crippen LogP contribution in [0, 0.1) is 10.1 Å². The zero-order valence-electron chi connectivity index (χ0n) is 16.3. The molecule has 0 unspecified atom stereocenters. The van der Waals surface area contributed by atoms with Crippen LogP contribution in [0.4, 0.5) is 18.9 Å². The van der Waals surface area contributed by atoms with Gasteiger partial charge in [-0.2, -0.15) is 13.2 Å². The minimum Gasteiger partial charge on any atom is -0.491 e. The second-order valence-electron chi connectivity index (χ2n) is 6.80. The standard InChI is InChI=1S/C19H21F3N2O5S/c1-13(2)29-17-8-5-15(18(11-17)19(20,21)22)12-23-30(27,28)10-9-14-3-6-16(7-4-14)24(25)26/h3-8,11,13,23H,9-10,12H2,1-2H3. The van der Waals surface area contributed by atoms with Gasteiger partial charge in [0.2, 0.25) is 10.0 Å². The molecule has 7 nitrogen and oxygen atoms in total. The van der Waals surface area contributed by atoms with E-state index in [4.69, 9.17) is 4.74 Å². The average Bonchev–Trinajstić information content (AvgIpc) is 2.64. The van der Waals surface area contributed by atoms with Gasteiger partial charge in [-0.05, 0) is 43.5 Å². The molecular weight excluding hydrogens is 425 g/mol. The lowest BCUT2D eigenvalue weighted by molar-refractivity contribution is -0.384. The van der Waals surface area contributed by atoms with Gasteiger partial charge in [0.1, 0.15) is 5.75 Å². The molecule has 0 aliphatic heterocycles. The number of halogens is 3. The van der Waals surface area contributed by atoms with Gasteiger partial charge in [0, 0.05) is 18.7 Å². The number of aryl methyl sites for hydroxylation is 1. The Balaban J connectivity index is 2.06. The first-order valence-corrected chi connectivity index (χ1v) is 10.6. The van der Waals surface area contributed by atoms with Crippen LogP contribution < -0.4 is 9.46 Å². The zero-order chi connectivity index (χ0) is 22.5. The second kappa shape index (κ2) is 9.43. The van der Waals surface area contributed by atoms with E-state index >= 15 is 0 Å². The van der Waals surface area contributed by atoms with E-state index in [0.717, 1.165) is 6.07 Å². The smallest absolute Gasteiger partial charge is 0.416 e. The van der Waals surface area contributed by atoms with Crippen molar-refractivity contribution in [2.75, 3.05) is 5.75 Å². The summed E-state index contributed by atoms with van der Waals surface area (Å²) in [6, 6.07) is 8.76. The molecule has 2 aromatic rings. The summed E-state index contributed by atoms with van der Waals surface area (Å²) in [5.41, 5.74) is -0.766. The quantitative estimate of drug-likeness (QED) is 0.463. The number of rotatable bonds is 9. The Hall–Kier alpha value is -2.66. The first kappa shape index (κ1) is 23.6. The molecule has 0 amide bonds. The van der Waals surface area contributed by atoms with Crippen LogP contribution >= 0.6 is 0 Å². The number of nitro groups is 1. The molecule has 30 heavy (non-hydrogen) atoms. The summed E-state index contributed by atoms with van der Waals surface area (Å²) in [4.78, 5) is 10.1. The lowest BCUT2D eigenvalue weighted by Crippen LogP contribution is -2.28. The number of ether oxygens (including phenoxy) is 1. The SMILES string of the molecule is CC(C)Oc1ccc(CNS(=O)(=O)CCc2ccc([N+](=O)[O-])cc2)c(C(F)(F)F)c1. The van der Waals surface area contributed by atoms with Crippen molar-refractivity contribution in [3.63, 3.8) is 0 Å². The maximum Gasteiger partial charge on any atom is 0.416 e. The van der Waals surface area contributed by atoms with Gasteiger partial charge in [-0.15, -0.1) is 0 Å². The minimum absolute atomic E-state index is 0.0436. The van der Waals surface area contributed by atoms with E-state index in [0.29, 0.717) is 5.56 Å². The molecule has 0 aromatic heterocycles. The molecule has 0 aliphatic carbocycles. The first-order chi connectivity index (χ1) is 13.9. The molecule has 0 spiro atoms. The van der Waals surface area contributed by atoms with Crippen molar-refractivity contribution in [2.24, 2.45) is 0 Å². The third-order valence-electron chi connectivity index (χ3n) is 4.05. The molecule has 0 fully saturated rings. The minimum atomic E-state index is -4.67. The van der Waals surface area contributed by atoms with Crippen molar-refractivity contribution in [1.29, 1.82) is 0 Å². The second-order valence-corrected chi connectivity index (χ2v) is 8.72. The fraction of sp³-hybridized carbons (Fsp3) is 0.368. The Bertz CT molecular complexity index is 990. The Kier molecular flexibility index (Phi) is 7.43. The fourth-order valence-corrected chi connectivity index (χ4v) is 3.64. The predicted octanol–water partition coefficient (Wildman–Crippen LogP) is 4.06. The van der Waals surface area contributed by atoms with E-state index in [1.165, 1.54) is 36.4 Å². The van der Waals surface area contributed by atoms with Gasteiger partial charge in [-0.25, -0.2) is 13.1 Å². The third kappa shape index (κ3) is 6.99. The van der Waals surface area contributed by atoms with Crippen molar-refractivity contribution < 1.29 is 31.2 Å². The molecule has 0 radical (unpaired) electrons. The van der Waals surface area contributed by atoms with Crippen molar-refractivity contribution in [3.8, 4) is 5.75 Å². The fourth-order valence-electron chi connectivity index (χ4n) is 2.62. The summed E-state index contributed by atoms with van der Waals surface area (Å²) in [5, 5.41) is 10.6. The highest BCUT2D eigenvalue weighted by atomic mass is 32.2. The molecule has 0 heterocycles. The van der Waals surface area contributed by atoms with Crippen molar-refractivity contribution >= 4 is 15.7 Å². The number of nitrogens with zero attached hydrogens (tertiary/aromatic N) is 1. The van der Waals surface area contributed by atoms with Crippen LogP contribution in [0.2, 0.25) is 0 Å². The van der Waals surface area contributed by atoms with Crippen LogP contribution in [0.1, 0.15) is 30.5 Å². The monoisotopic (exact) mass is 446 g/mol. The van der Waals surface area contributed by atoms with Crippen LogP contribution in [-0.4, -0.2) is 25.2 Å². The summed E-state index contributed by atoms with van der Waals surface area (Å²) in [6.45, 7) is 2.83. The number of sulfonamides is 1. The Morgan fingerprint density at radius 3 is 2.30 bits per heavy atom. The van der Waals surface area contributed by atoms with Gasteiger partial charge < -0.3 is 4.74 Å². The summed E-state index contributed by atoms with van der Waals surface area (Å²) in [6.07, 6.45) is -4.92. The van der Waals surface area contributed by atoms with E-state index in [2.05, 4.69) is 4.72 Å². The van der Waals surface area contributed by atoms with Gasteiger partial charge in [0.15, 0.2) is 0 Å². The summed E-state index contributed by atoms with van der Waals surface area (Å²) in [7, 11) is -3.88. The Labute approximate surface area is 172 Å². The highest BCUT2D eigenvalue weighted by Gasteiger charge is 2.34. The number of non-ortho nitro benzene ring substituents is 1. The van der Waals surface area contributed by atoms with E-state index in [1.54, 1.807) is 13.8 Å². The zero-order valence-corrected chi connectivity index (χ0v) is 17.1. The molecule has 164 valence electrons. The van der Waals surface area contributed by atoms with Crippen LogP contribution in [0.15, 0.2) is 42.5 Å². The summed E-state index contributed by atoms with van der Waals surface area (Å²) < 4.78 is 71.9. The number of hydrogen-bond donors (Lipinski definition) is 1. The molecule has 0 saturated heterocycles.